The van der Waals surface area contributed by atoms with Crippen molar-refractivity contribution in [2.75, 3.05) is 0 Å². The summed E-state index contributed by atoms with van der Waals surface area (Å²) in [6, 6.07) is 11.3. The summed E-state index contributed by atoms with van der Waals surface area (Å²) >= 11 is 0. The second-order valence-corrected chi connectivity index (χ2v) is 4.16. The van der Waals surface area contributed by atoms with Gasteiger partial charge in [-0.25, -0.2) is 9.78 Å². The summed E-state index contributed by atoms with van der Waals surface area (Å²) in [6.07, 6.45) is 6.15. The summed E-state index contributed by atoms with van der Waals surface area (Å²) in [4.78, 5) is 19.4. The van der Waals surface area contributed by atoms with Crippen LogP contribution < -0.4 is 0 Å². The predicted molar refractivity (Wildman–Crippen MR) is 75.1 cm³/mol. The molecule has 3 rings (SSSR count). The van der Waals surface area contributed by atoms with Crippen molar-refractivity contribution in [1.82, 2.24) is 14.4 Å². The molecule has 0 atom stereocenters. The van der Waals surface area contributed by atoms with Crippen molar-refractivity contribution in [3.8, 4) is 11.5 Å². The number of nitrogens with zero attached hydrogens (tertiary/aromatic N) is 3. The van der Waals surface area contributed by atoms with Gasteiger partial charge in [0.25, 0.3) is 0 Å². The molecule has 0 aliphatic heterocycles. The maximum Gasteiger partial charge on any atom is 0.328 e. The molecule has 3 heterocycles. The predicted octanol–water partition coefficient (Wildman–Crippen LogP) is 2.49. The van der Waals surface area contributed by atoms with Gasteiger partial charge in [-0.3, -0.25) is 9.38 Å². The van der Waals surface area contributed by atoms with Crippen molar-refractivity contribution >= 4 is 17.6 Å². The highest BCUT2D eigenvalue weighted by atomic mass is 16.4. The van der Waals surface area contributed by atoms with E-state index in [1.54, 1.807) is 6.20 Å². The Kier molecular flexibility index (Phi) is 3.01. The SMILES string of the molecule is O=C(O)/C=C/c1nc(-c2ccccn2)n2ccccc12. The van der Waals surface area contributed by atoms with E-state index in [4.69, 9.17) is 5.11 Å². The minimum absolute atomic E-state index is 0.605. The third-order valence-electron chi connectivity index (χ3n) is 2.85. The summed E-state index contributed by atoms with van der Waals surface area (Å²) in [5.41, 5.74) is 2.18. The van der Waals surface area contributed by atoms with Gasteiger partial charge in [0, 0.05) is 18.5 Å². The first-order chi connectivity index (χ1) is 9.75. The Labute approximate surface area is 114 Å². The number of hydrogen-bond donors (Lipinski definition) is 1. The quantitative estimate of drug-likeness (QED) is 0.739. The first kappa shape index (κ1) is 12.1. The fraction of sp³-hybridized carbons (Fsp3) is 0. The van der Waals surface area contributed by atoms with Gasteiger partial charge in [0.05, 0.1) is 11.2 Å². The van der Waals surface area contributed by atoms with Crippen LogP contribution >= 0.6 is 0 Å². The lowest BCUT2D eigenvalue weighted by atomic mass is 10.3. The van der Waals surface area contributed by atoms with Crippen LogP contribution in [-0.4, -0.2) is 25.4 Å². The first-order valence-corrected chi connectivity index (χ1v) is 6.05. The Morgan fingerprint density at radius 3 is 2.80 bits per heavy atom. The molecule has 98 valence electrons. The van der Waals surface area contributed by atoms with Crippen molar-refractivity contribution < 1.29 is 9.90 Å². The molecule has 0 saturated carbocycles. The van der Waals surface area contributed by atoms with Gasteiger partial charge in [-0.2, -0.15) is 0 Å². The molecule has 0 spiro atoms. The lowest BCUT2D eigenvalue weighted by molar-refractivity contribution is -0.131. The van der Waals surface area contributed by atoms with Crippen LogP contribution in [-0.2, 0) is 4.79 Å². The Morgan fingerprint density at radius 2 is 2.05 bits per heavy atom. The summed E-state index contributed by atoms with van der Waals surface area (Å²) in [5, 5.41) is 8.74. The van der Waals surface area contributed by atoms with Crippen LogP contribution in [0.4, 0.5) is 0 Å². The number of aromatic nitrogens is 3. The number of fused-ring (bicyclic) bond motifs is 1. The molecule has 0 aromatic carbocycles. The Bertz CT molecular complexity index is 791. The van der Waals surface area contributed by atoms with Crippen molar-refractivity contribution in [2.24, 2.45) is 0 Å². The van der Waals surface area contributed by atoms with Crippen molar-refractivity contribution in [2.45, 2.75) is 0 Å². The first-order valence-electron chi connectivity index (χ1n) is 6.05. The van der Waals surface area contributed by atoms with Gasteiger partial charge in [-0.15, -0.1) is 0 Å². The Balaban J connectivity index is 2.21. The van der Waals surface area contributed by atoms with E-state index in [0.717, 1.165) is 17.3 Å². The Hall–Kier alpha value is -2.95. The highest BCUT2D eigenvalue weighted by Gasteiger charge is 2.11. The normalized spacial score (nSPS) is 11.2. The molecule has 1 N–H and O–H groups in total. The third-order valence-corrected chi connectivity index (χ3v) is 2.85. The van der Waals surface area contributed by atoms with Crippen LogP contribution in [0.15, 0.2) is 54.9 Å². The van der Waals surface area contributed by atoms with Crippen LogP contribution in [0.1, 0.15) is 5.69 Å². The van der Waals surface area contributed by atoms with Crippen LogP contribution in [0.2, 0.25) is 0 Å². The van der Waals surface area contributed by atoms with Crippen LogP contribution in [0.5, 0.6) is 0 Å². The molecule has 0 radical (unpaired) electrons. The van der Waals surface area contributed by atoms with Crippen LogP contribution in [0, 0.1) is 0 Å². The van der Waals surface area contributed by atoms with E-state index < -0.39 is 5.97 Å². The number of carboxylic acids is 1. The van der Waals surface area contributed by atoms with E-state index in [1.165, 1.54) is 6.08 Å². The van der Waals surface area contributed by atoms with E-state index in [1.807, 2.05) is 47.0 Å². The second kappa shape index (κ2) is 4.97. The molecule has 0 aliphatic carbocycles. The van der Waals surface area contributed by atoms with E-state index in [0.29, 0.717) is 11.5 Å². The summed E-state index contributed by atoms with van der Waals surface area (Å²) in [6.45, 7) is 0. The molecule has 3 aromatic heterocycles. The molecule has 0 fully saturated rings. The lowest BCUT2D eigenvalue weighted by Gasteiger charge is -1.99. The molecular weight excluding hydrogens is 254 g/mol. The number of hydrogen-bond acceptors (Lipinski definition) is 3. The maximum absolute atomic E-state index is 10.7. The average molecular weight is 265 g/mol. The molecule has 0 bridgehead atoms. The molecular formula is C15H11N3O2. The zero-order chi connectivity index (χ0) is 13.9. The molecule has 0 amide bonds. The second-order valence-electron chi connectivity index (χ2n) is 4.16. The smallest absolute Gasteiger partial charge is 0.328 e. The molecule has 0 saturated heterocycles. The van der Waals surface area contributed by atoms with Crippen molar-refractivity contribution in [3.63, 3.8) is 0 Å². The van der Waals surface area contributed by atoms with Gasteiger partial charge < -0.3 is 5.11 Å². The number of carboxylic acid groups (broad SMARTS) is 1. The Morgan fingerprint density at radius 1 is 1.20 bits per heavy atom. The minimum atomic E-state index is -0.999. The van der Waals surface area contributed by atoms with Gasteiger partial charge in [0.15, 0.2) is 5.82 Å². The van der Waals surface area contributed by atoms with E-state index in [9.17, 15) is 4.79 Å². The number of aliphatic carboxylic acids is 1. The molecule has 3 aromatic rings. The van der Waals surface area contributed by atoms with E-state index >= 15 is 0 Å². The third kappa shape index (κ3) is 2.16. The van der Waals surface area contributed by atoms with Gasteiger partial charge in [0.1, 0.15) is 5.69 Å². The molecule has 0 unspecified atom stereocenters. The highest BCUT2D eigenvalue weighted by Crippen LogP contribution is 2.21. The van der Waals surface area contributed by atoms with Gasteiger partial charge in [-0.1, -0.05) is 12.1 Å². The molecule has 5 nitrogen and oxygen atoms in total. The minimum Gasteiger partial charge on any atom is -0.478 e. The van der Waals surface area contributed by atoms with Crippen LogP contribution in [0.3, 0.4) is 0 Å². The zero-order valence-electron chi connectivity index (χ0n) is 10.5. The fourth-order valence-electron chi connectivity index (χ4n) is 2.01. The number of rotatable bonds is 3. The van der Waals surface area contributed by atoms with Gasteiger partial charge in [0.2, 0.25) is 0 Å². The van der Waals surface area contributed by atoms with Crippen LogP contribution in [0.25, 0.3) is 23.1 Å². The standard InChI is InChI=1S/C15H11N3O2/c19-14(20)8-7-11-13-6-2-4-10-18(13)15(17-11)12-5-1-3-9-16-12/h1-10H,(H,19,20)/b8-7+. The van der Waals surface area contributed by atoms with Crippen molar-refractivity contribution in [1.29, 1.82) is 0 Å². The topological polar surface area (TPSA) is 67.5 Å². The molecule has 20 heavy (non-hydrogen) atoms. The molecule has 0 aliphatic rings. The number of pyridine rings is 2. The fourth-order valence-corrected chi connectivity index (χ4v) is 2.01. The summed E-state index contributed by atoms with van der Waals surface area (Å²) in [5.74, 6) is -0.312. The molecule has 5 heteroatoms. The number of imidazole rings is 1. The largest absolute Gasteiger partial charge is 0.478 e. The van der Waals surface area contributed by atoms with Gasteiger partial charge >= 0.3 is 5.97 Å². The van der Waals surface area contributed by atoms with Crippen molar-refractivity contribution in [3.05, 3.63) is 60.6 Å². The van der Waals surface area contributed by atoms with Gasteiger partial charge in [-0.05, 0) is 30.3 Å². The van der Waals surface area contributed by atoms with E-state index in [-0.39, 0.29) is 0 Å². The van der Waals surface area contributed by atoms with E-state index in [2.05, 4.69) is 9.97 Å². The monoisotopic (exact) mass is 265 g/mol. The lowest BCUT2D eigenvalue weighted by Crippen LogP contribution is -1.90. The summed E-state index contributed by atoms with van der Waals surface area (Å²) < 4.78 is 1.89. The highest BCUT2D eigenvalue weighted by molar-refractivity contribution is 5.87. The zero-order valence-corrected chi connectivity index (χ0v) is 10.5. The number of carbonyl (C=O) groups is 1. The average Bonchev–Trinajstić information content (AvgIpc) is 2.85. The maximum atomic E-state index is 10.7. The summed E-state index contributed by atoms with van der Waals surface area (Å²) in [7, 11) is 0.